The van der Waals surface area contributed by atoms with E-state index in [4.69, 9.17) is 24.4 Å². The zero-order valence-corrected chi connectivity index (χ0v) is 17.8. The molecule has 144 valence electrons. The van der Waals surface area contributed by atoms with Gasteiger partial charge in [0.15, 0.2) is 10.2 Å². The fourth-order valence-corrected chi connectivity index (χ4v) is 1.89. The van der Waals surface area contributed by atoms with Crippen molar-refractivity contribution in [2.75, 3.05) is 54.4 Å². The molecule has 0 aliphatic carbocycles. The molecule has 0 saturated carbocycles. The first kappa shape index (κ1) is 23.6. The number of hydrogen-bond donors (Lipinski definition) is 4. The van der Waals surface area contributed by atoms with Crippen molar-refractivity contribution in [2.45, 2.75) is 20.3 Å². The second-order valence-electron chi connectivity index (χ2n) is 5.95. The Morgan fingerprint density at radius 3 is 1.68 bits per heavy atom. The Bertz CT molecular complexity index is 474. The number of hydrogen-bond acceptors (Lipinski definition) is 6. The largest absolute Gasteiger partial charge is 0.360 e. The first-order chi connectivity index (χ1) is 11.8. The van der Waals surface area contributed by atoms with Gasteiger partial charge in [0.1, 0.15) is 0 Å². The van der Waals surface area contributed by atoms with Crippen molar-refractivity contribution in [3.05, 3.63) is 0 Å². The standard InChI is InChI=1S/C15H32N8S2/c1-7-13(19-21-15(25)17-9-11-23(5)6)12(2)18-20-14(24)16-8-10-22(3)4/h7-11H2,1-6H3,(H2,16,20,24)(H2,17,21,25)/b18-12-,19-13+. The van der Waals surface area contributed by atoms with E-state index in [9.17, 15) is 0 Å². The van der Waals surface area contributed by atoms with Crippen LogP contribution in [0.2, 0.25) is 0 Å². The summed E-state index contributed by atoms with van der Waals surface area (Å²) in [5.74, 6) is 0. The highest BCUT2D eigenvalue weighted by atomic mass is 32.1. The van der Waals surface area contributed by atoms with E-state index in [0.717, 1.165) is 44.0 Å². The smallest absolute Gasteiger partial charge is 0.187 e. The van der Waals surface area contributed by atoms with Crippen LogP contribution in [0, 0.1) is 0 Å². The van der Waals surface area contributed by atoms with Crippen LogP contribution in [-0.2, 0) is 0 Å². The van der Waals surface area contributed by atoms with Gasteiger partial charge in [-0.1, -0.05) is 6.92 Å². The topological polar surface area (TPSA) is 79.3 Å². The van der Waals surface area contributed by atoms with Gasteiger partial charge in [-0.05, 0) is 66.0 Å². The van der Waals surface area contributed by atoms with Gasteiger partial charge in [0.05, 0.1) is 11.4 Å². The number of nitrogens with zero attached hydrogens (tertiary/aromatic N) is 4. The van der Waals surface area contributed by atoms with Crippen LogP contribution in [0.4, 0.5) is 0 Å². The van der Waals surface area contributed by atoms with E-state index in [1.807, 2.05) is 42.0 Å². The van der Waals surface area contributed by atoms with E-state index >= 15 is 0 Å². The molecule has 0 aromatic heterocycles. The SMILES string of the molecule is CCC(=N\NC(=S)NCCN(C)C)/C(C)=N\NC(=S)NCCN(C)C. The fraction of sp³-hybridized carbons (Fsp3) is 0.733. The zero-order valence-electron chi connectivity index (χ0n) is 16.1. The van der Waals surface area contributed by atoms with Crippen molar-refractivity contribution in [1.29, 1.82) is 0 Å². The highest BCUT2D eigenvalue weighted by Gasteiger charge is 2.03. The minimum atomic E-state index is 0.491. The lowest BCUT2D eigenvalue weighted by atomic mass is 10.2. The molecule has 0 radical (unpaired) electrons. The number of thiocarbonyl (C=S) groups is 2. The van der Waals surface area contributed by atoms with Gasteiger partial charge in [-0.2, -0.15) is 10.2 Å². The summed E-state index contributed by atoms with van der Waals surface area (Å²) in [6, 6.07) is 0. The molecule has 4 N–H and O–H groups in total. The number of likely N-dealkylation sites (N-methyl/N-ethyl adjacent to an activating group) is 2. The van der Waals surface area contributed by atoms with E-state index in [1.165, 1.54) is 0 Å². The minimum absolute atomic E-state index is 0.491. The van der Waals surface area contributed by atoms with E-state index in [2.05, 4.69) is 41.5 Å². The van der Waals surface area contributed by atoms with Gasteiger partial charge in [0, 0.05) is 26.2 Å². The third kappa shape index (κ3) is 13.6. The Balaban J connectivity index is 4.35. The van der Waals surface area contributed by atoms with Gasteiger partial charge in [-0.15, -0.1) is 0 Å². The Morgan fingerprint density at radius 2 is 1.28 bits per heavy atom. The Hall–Kier alpha value is -1.36. The second kappa shape index (κ2) is 13.9. The molecule has 0 bridgehead atoms. The molecule has 0 amide bonds. The van der Waals surface area contributed by atoms with Crippen LogP contribution in [0.1, 0.15) is 20.3 Å². The van der Waals surface area contributed by atoms with Crippen molar-refractivity contribution in [3.63, 3.8) is 0 Å². The molecule has 0 aromatic carbocycles. The molecule has 0 fully saturated rings. The average molecular weight is 389 g/mol. The van der Waals surface area contributed by atoms with Crippen LogP contribution in [0.5, 0.6) is 0 Å². The molecule has 0 saturated heterocycles. The molecule has 8 nitrogen and oxygen atoms in total. The fourth-order valence-electron chi connectivity index (χ4n) is 1.60. The van der Waals surface area contributed by atoms with E-state index in [1.54, 1.807) is 0 Å². The normalized spacial score (nSPS) is 12.3. The number of nitrogens with one attached hydrogen (secondary N) is 4. The van der Waals surface area contributed by atoms with Crippen LogP contribution in [0.3, 0.4) is 0 Å². The van der Waals surface area contributed by atoms with Crippen LogP contribution >= 0.6 is 24.4 Å². The third-order valence-electron chi connectivity index (χ3n) is 3.06. The molecule has 0 heterocycles. The van der Waals surface area contributed by atoms with Crippen molar-refractivity contribution < 1.29 is 0 Å². The molecule has 10 heteroatoms. The summed E-state index contributed by atoms with van der Waals surface area (Å²) in [6.07, 6.45) is 0.727. The summed E-state index contributed by atoms with van der Waals surface area (Å²) in [5, 5.41) is 15.7. The van der Waals surface area contributed by atoms with E-state index in [0.29, 0.717) is 10.2 Å². The predicted octanol–water partition coefficient (Wildman–Crippen LogP) is 0.180. The Morgan fingerprint density at radius 1 is 0.840 bits per heavy atom. The minimum Gasteiger partial charge on any atom is -0.360 e. The zero-order chi connectivity index (χ0) is 19.2. The molecule has 25 heavy (non-hydrogen) atoms. The van der Waals surface area contributed by atoms with Crippen LogP contribution in [0.25, 0.3) is 0 Å². The van der Waals surface area contributed by atoms with Gasteiger partial charge in [0.25, 0.3) is 0 Å². The third-order valence-corrected chi connectivity index (χ3v) is 3.53. The van der Waals surface area contributed by atoms with Gasteiger partial charge in [0.2, 0.25) is 0 Å². The van der Waals surface area contributed by atoms with Gasteiger partial charge in [-0.25, -0.2) is 0 Å². The van der Waals surface area contributed by atoms with Crippen molar-refractivity contribution in [1.82, 2.24) is 31.3 Å². The summed E-state index contributed by atoms with van der Waals surface area (Å²) < 4.78 is 0. The summed E-state index contributed by atoms with van der Waals surface area (Å²) in [7, 11) is 8.05. The summed E-state index contributed by atoms with van der Waals surface area (Å²) in [5.41, 5.74) is 7.24. The first-order valence-electron chi connectivity index (χ1n) is 8.24. The van der Waals surface area contributed by atoms with Gasteiger partial charge in [-0.3, -0.25) is 10.9 Å². The first-order valence-corrected chi connectivity index (χ1v) is 9.06. The van der Waals surface area contributed by atoms with E-state index in [-0.39, 0.29) is 0 Å². The summed E-state index contributed by atoms with van der Waals surface area (Å²) in [4.78, 5) is 4.15. The maximum Gasteiger partial charge on any atom is 0.187 e. The molecule has 0 spiro atoms. The van der Waals surface area contributed by atoms with Crippen molar-refractivity contribution in [3.8, 4) is 0 Å². The lowest BCUT2D eigenvalue weighted by molar-refractivity contribution is 0.412. The van der Waals surface area contributed by atoms with Crippen LogP contribution < -0.4 is 21.5 Å². The average Bonchev–Trinajstić information content (AvgIpc) is 2.52. The van der Waals surface area contributed by atoms with Crippen molar-refractivity contribution >= 4 is 46.1 Å². The summed E-state index contributed by atoms with van der Waals surface area (Å²) in [6.45, 7) is 7.20. The van der Waals surface area contributed by atoms with Crippen LogP contribution in [0.15, 0.2) is 10.2 Å². The quantitative estimate of drug-likeness (QED) is 0.240. The molecular formula is C15H32N8S2. The van der Waals surface area contributed by atoms with Gasteiger partial charge >= 0.3 is 0 Å². The van der Waals surface area contributed by atoms with E-state index < -0.39 is 0 Å². The molecule has 0 atom stereocenters. The maximum absolute atomic E-state index is 5.20. The number of hydrazone groups is 2. The highest BCUT2D eigenvalue weighted by Crippen LogP contribution is 1.90. The monoisotopic (exact) mass is 388 g/mol. The maximum atomic E-state index is 5.20. The predicted molar refractivity (Wildman–Crippen MR) is 115 cm³/mol. The molecule has 0 aliphatic rings. The van der Waals surface area contributed by atoms with Gasteiger partial charge < -0.3 is 20.4 Å². The lowest BCUT2D eigenvalue weighted by Gasteiger charge is -2.13. The highest BCUT2D eigenvalue weighted by molar-refractivity contribution is 7.80. The lowest BCUT2D eigenvalue weighted by Crippen LogP contribution is -2.38. The Kier molecular flexibility index (Phi) is 13.1. The summed E-state index contributed by atoms with van der Waals surface area (Å²) >= 11 is 10.4. The second-order valence-corrected chi connectivity index (χ2v) is 6.77. The molecule has 0 rings (SSSR count). The van der Waals surface area contributed by atoms with Crippen LogP contribution in [-0.4, -0.2) is 85.8 Å². The number of rotatable bonds is 10. The molecular weight excluding hydrogens is 356 g/mol. The molecule has 0 aromatic rings. The van der Waals surface area contributed by atoms with Crippen molar-refractivity contribution in [2.24, 2.45) is 10.2 Å². The molecule has 0 unspecified atom stereocenters. The Labute approximate surface area is 162 Å². The molecule has 0 aliphatic heterocycles.